The molecule has 0 spiro atoms. The Labute approximate surface area is 172 Å². The lowest BCUT2D eigenvalue weighted by molar-refractivity contribution is 0.473. The molecule has 2 aromatic rings. The van der Waals surface area contributed by atoms with Crippen molar-refractivity contribution in [2.45, 2.75) is 17.9 Å². The van der Waals surface area contributed by atoms with Gasteiger partial charge in [-0.15, -0.1) is 35.7 Å². The summed E-state index contributed by atoms with van der Waals surface area (Å²) in [6, 6.07) is 14.9. The summed E-state index contributed by atoms with van der Waals surface area (Å²) < 4.78 is 2.14. The van der Waals surface area contributed by atoms with Gasteiger partial charge in [-0.2, -0.15) is 0 Å². The number of halogens is 1. The number of aliphatic imine (C=N–C) groups is 1. The van der Waals surface area contributed by atoms with E-state index < -0.39 is 0 Å². The van der Waals surface area contributed by atoms with E-state index in [1.54, 1.807) is 0 Å². The molecule has 2 heterocycles. The number of nitrogens with one attached hydrogen (secondary N) is 1. The van der Waals surface area contributed by atoms with Crippen LogP contribution < -0.4 is 5.32 Å². The molecule has 1 fully saturated rings. The van der Waals surface area contributed by atoms with Gasteiger partial charge < -0.3 is 14.8 Å². The summed E-state index contributed by atoms with van der Waals surface area (Å²) in [4.78, 5) is 8.22. The molecular weight excluding hydrogens is 443 g/mol. The zero-order valence-corrected chi connectivity index (χ0v) is 18.0. The highest BCUT2D eigenvalue weighted by atomic mass is 127. The molecule has 1 aromatic heterocycles. The van der Waals surface area contributed by atoms with E-state index in [1.807, 2.05) is 18.8 Å². The highest BCUT2D eigenvalue weighted by molar-refractivity contribution is 14.0. The fourth-order valence-corrected chi connectivity index (χ4v) is 4.12. The lowest BCUT2D eigenvalue weighted by Gasteiger charge is -2.22. The summed E-state index contributed by atoms with van der Waals surface area (Å²) in [7, 11) is 3.95. The lowest BCUT2D eigenvalue weighted by Crippen LogP contribution is -2.40. The smallest absolute Gasteiger partial charge is 0.193 e. The standard InChI is InChI=1S/C19H26N4S.HI/c1-20-19(21-13-17-7-6-11-22(17)2)23-12-10-16(14-23)15-24-18-8-4-3-5-9-18;/h3-9,11,16H,10,12-15H2,1-2H3,(H,20,21);1H. The SMILES string of the molecule is CN=C(NCc1cccn1C)N1CCC(CSc2ccccc2)C1.I. The Bertz CT molecular complexity index is 671. The van der Waals surface area contributed by atoms with E-state index >= 15 is 0 Å². The first-order valence-electron chi connectivity index (χ1n) is 8.50. The van der Waals surface area contributed by atoms with Crippen LogP contribution in [0.5, 0.6) is 0 Å². The zero-order chi connectivity index (χ0) is 16.8. The van der Waals surface area contributed by atoms with Crippen LogP contribution in [0.2, 0.25) is 0 Å². The molecular formula is C19H27IN4S. The van der Waals surface area contributed by atoms with Crippen molar-refractivity contribution < 1.29 is 0 Å². The van der Waals surface area contributed by atoms with Gasteiger partial charge in [0.25, 0.3) is 0 Å². The number of benzene rings is 1. The molecule has 0 radical (unpaired) electrons. The zero-order valence-electron chi connectivity index (χ0n) is 14.9. The first-order valence-corrected chi connectivity index (χ1v) is 9.48. The first kappa shape index (κ1) is 20.2. The molecule has 0 saturated carbocycles. The van der Waals surface area contributed by atoms with E-state index in [0.717, 1.165) is 31.5 Å². The van der Waals surface area contributed by atoms with Gasteiger partial charge >= 0.3 is 0 Å². The van der Waals surface area contributed by atoms with Crippen LogP contribution in [-0.2, 0) is 13.6 Å². The van der Waals surface area contributed by atoms with Crippen molar-refractivity contribution in [3.8, 4) is 0 Å². The second-order valence-corrected chi connectivity index (χ2v) is 7.33. The fraction of sp³-hybridized carbons (Fsp3) is 0.421. The normalized spacial score (nSPS) is 17.4. The highest BCUT2D eigenvalue weighted by Crippen LogP contribution is 2.25. The van der Waals surface area contributed by atoms with E-state index in [9.17, 15) is 0 Å². The van der Waals surface area contributed by atoms with Crippen LogP contribution in [-0.4, -0.2) is 41.3 Å². The maximum atomic E-state index is 4.47. The number of hydrogen-bond donors (Lipinski definition) is 1. The molecule has 1 N–H and O–H groups in total. The molecule has 1 unspecified atom stereocenters. The maximum Gasteiger partial charge on any atom is 0.193 e. The van der Waals surface area contributed by atoms with Crippen molar-refractivity contribution in [2.24, 2.45) is 18.0 Å². The van der Waals surface area contributed by atoms with Crippen molar-refractivity contribution in [2.75, 3.05) is 25.9 Å². The van der Waals surface area contributed by atoms with Crippen molar-refractivity contribution in [1.29, 1.82) is 0 Å². The number of thioether (sulfide) groups is 1. The number of guanidine groups is 1. The van der Waals surface area contributed by atoms with Gasteiger partial charge in [-0.05, 0) is 36.6 Å². The second-order valence-electron chi connectivity index (χ2n) is 6.24. The molecule has 6 heteroatoms. The maximum absolute atomic E-state index is 4.47. The Balaban J connectivity index is 0.00000225. The van der Waals surface area contributed by atoms with Crippen LogP contribution in [0.4, 0.5) is 0 Å². The number of likely N-dealkylation sites (tertiary alicyclic amines) is 1. The Morgan fingerprint density at radius 3 is 2.72 bits per heavy atom. The predicted molar refractivity (Wildman–Crippen MR) is 118 cm³/mol. The monoisotopic (exact) mass is 470 g/mol. The number of rotatable bonds is 5. The van der Waals surface area contributed by atoms with Crippen molar-refractivity contribution in [1.82, 2.24) is 14.8 Å². The van der Waals surface area contributed by atoms with Gasteiger partial charge in [0.2, 0.25) is 0 Å². The van der Waals surface area contributed by atoms with Crippen LogP contribution in [0.15, 0.2) is 58.5 Å². The summed E-state index contributed by atoms with van der Waals surface area (Å²) in [5, 5.41) is 3.50. The van der Waals surface area contributed by atoms with Crippen molar-refractivity contribution >= 4 is 41.7 Å². The van der Waals surface area contributed by atoms with Crippen LogP contribution in [0, 0.1) is 5.92 Å². The molecule has 1 aliphatic heterocycles. The number of aromatic nitrogens is 1. The van der Waals surface area contributed by atoms with Crippen LogP contribution in [0.1, 0.15) is 12.1 Å². The molecule has 0 bridgehead atoms. The Morgan fingerprint density at radius 2 is 2.04 bits per heavy atom. The summed E-state index contributed by atoms with van der Waals surface area (Å²) in [5.74, 6) is 2.92. The Morgan fingerprint density at radius 1 is 1.24 bits per heavy atom. The molecule has 136 valence electrons. The summed E-state index contributed by atoms with van der Waals surface area (Å²) in [6.07, 6.45) is 3.32. The Hall–Kier alpha value is -1.15. The molecule has 1 saturated heterocycles. The summed E-state index contributed by atoms with van der Waals surface area (Å²) in [6.45, 7) is 3.00. The van der Waals surface area contributed by atoms with Crippen molar-refractivity contribution in [3.63, 3.8) is 0 Å². The van der Waals surface area contributed by atoms with Crippen molar-refractivity contribution in [3.05, 3.63) is 54.4 Å². The van der Waals surface area contributed by atoms with E-state index in [4.69, 9.17) is 0 Å². The summed E-state index contributed by atoms with van der Waals surface area (Å²) in [5.41, 5.74) is 1.27. The van der Waals surface area contributed by atoms with Gasteiger partial charge in [-0.3, -0.25) is 4.99 Å². The number of nitrogens with zero attached hydrogens (tertiary/aromatic N) is 3. The third-order valence-corrected chi connectivity index (χ3v) is 5.75. The third-order valence-electron chi connectivity index (χ3n) is 4.51. The van der Waals surface area contributed by atoms with E-state index in [2.05, 4.69) is 75.5 Å². The molecule has 0 aliphatic carbocycles. The van der Waals surface area contributed by atoms with Gasteiger partial charge in [0, 0.05) is 49.7 Å². The van der Waals surface area contributed by atoms with E-state index in [0.29, 0.717) is 0 Å². The largest absolute Gasteiger partial charge is 0.353 e. The molecule has 1 aromatic carbocycles. The minimum Gasteiger partial charge on any atom is -0.353 e. The Kier molecular flexibility index (Phi) is 8.15. The number of aryl methyl sites for hydroxylation is 1. The summed E-state index contributed by atoms with van der Waals surface area (Å²) >= 11 is 1.96. The van der Waals surface area contributed by atoms with Gasteiger partial charge in [-0.25, -0.2) is 0 Å². The van der Waals surface area contributed by atoms with Gasteiger partial charge in [0.15, 0.2) is 5.96 Å². The predicted octanol–water partition coefficient (Wildman–Crippen LogP) is 3.83. The minimum absolute atomic E-state index is 0. The molecule has 1 atom stereocenters. The van der Waals surface area contributed by atoms with E-state index in [-0.39, 0.29) is 24.0 Å². The average Bonchev–Trinajstić information content (AvgIpc) is 3.24. The van der Waals surface area contributed by atoms with Gasteiger partial charge in [0.05, 0.1) is 6.54 Å². The van der Waals surface area contributed by atoms with Crippen LogP contribution >= 0.6 is 35.7 Å². The van der Waals surface area contributed by atoms with Gasteiger partial charge in [-0.1, -0.05) is 18.2 Å². The minimum atomic E-state index is 0. The number of hydrogen-bond acceptors (Lipinski definition) is 2. The molecule has 3 rings (SSSR count). The molecule has 4 nitrogen and oxygen atoms in total. The quantitative estimate of drug-likeness (QED) is 0.312. The molecule has 1 aliphatic rings. The second kappa shape index (κ2) is 10.1. The lowest BCUT2D eigenvalue weighted by atomic mass is 10.2. The topological polar surface area (TPSA) is 32.6 Å². The fourth-order valence-electron chi connectivity index (χ4n) is 3.07. The average molecular weight is 470 g/mol. The third kappa shape index (κ3) is 5.67. The van der Waals surface area contributed by atoms with Crippen LogP contribution in [0.25, 0.3) is 0 Å². The molecule has 25 heavy (non-hydrogen) atoms. The van der Waals surface area contributed by atoms with E-state index in [1.165, 1.54) is 22.8 Å². The highest BCUT2D eigenvalue weighted by Gasteiger charge is 2.24. The van der Waals surface area contributed by atoms with Crippen LogP contribution in [0.3, 0.4) is 0 Å². The molecule has 0 amide bonds. The van der Waals surface area contributed by atoms with Gasteiger partial charge in [0.1, 0.15) is 0 Å². The first-order chi connectivity index (χ1) is 11.8.